The highest BCUT2D eigenvalue weighted by Crippen LogP contribution is 2.27. The summed E-state index contributed by atoms with van der Waals surface area (Å²) in [6.45, 7) is 3.59. The van der Waals surface area contributed by atoms with Crippen LogP contribution in [0.15, 0.2) is 35.7 Å². The maximum Gasteiger partial charge on any atom is 0.120 e. The van der Waals surface area contributed by atoms with Crippen LogP contribution < -0.4 is 5.73 Å². The van der Waals surface area contributed by atoms with E-state index in [4.69, 9.17) is 5.73 Å². The Bertz CT molecular complexity index is 312. The summed E-state index contributed by atoms with van der Waals surface area (Å²) in [7, 11) is 0. The van der Waals surface area contributed by atoms with Gasteiger partial charge in [0, 0.05) is 10.5 Å². The van der Waals surface area contributed by atoms with E-state index in [2.05, 4.69) is 6.58 Å². The molecule has 0 heterocycles. The van der Waals surface area contributed by atoms with Crippen LogP contribution in [-0.2, 0) is 0 Å². The first-order valence-electron chi connectivity index (χ1n) is 3.94. The number of aromatic hydroxyl groups is 1. The van der Waals surface area contributed by atoms with E-state index in [9.17, 15) is 5.11 Å². The summed E-state index contributed by atoms with van der Waals surface area (Å²) >= 11 is 1.62. The third kappa shape index (κ3) is 2.26. The van der Waals surface area contributed by atoms with Crippen LogP contribution in [0.25, 0.3) is 0 Å². The van der Waals surface area contributed by atoms with Gasteiger partial charge in [0.25, 0.3) is 0 Å². The van der Waals surface area contributed by atoms with Crippen LogP contribution in [0.2, 0.25) is 0 Å². The zero-order valence-corrected chi connectivity index (χ0v) is 8.34. The first-order chi connectivity index (χ1) is 6.19. The van der Waals surface area contributed by atoms with Gasteiger partial charge in [-0.2, -0.15) is 0 Å². The van der Waals surface area contributed by atoms with E-state index < -0.39 is 0 Å². The largest absolute Gasteiger partial charge is 0.508 e. The number of phenolic OH excluding ortho intramolecular Hbond substituents is 1. The van der Waals surface area contributed by atoms with Gasteiger partial charge < -0.3 is 10.8 Å². The Hall–Kier alpha value is -0.930. The van der Waals surface area contributed by atoms with Crippen LogP contribution in [0.5, 0.6) is 5.75 Å². The molecule has 3 heteroatoms. The average molecular weight is 195 g/mol. The second-order valence-corrected chi connectivity index (χ2v) is 3.57. The molecule has 2 nitrogen and oxygen atoms in total. The molecule has 0 radical (unpaired) electrons. The molecule has 0 aliphatic carbocycles. The van der Waals surface area contributed by atoms with Crippen molar-refractivity contribution in [2.45, 2.75) is 10.9 Å². The minimum atomic E-state index is -0.299. The number of thioether (sulfide) groups is 1. The molecule has 0 spiro atoms. The zero-order chi connectivity index (χ0) is 9.84. The van der Waals surface area contributed by atoms with Crippen LogP contribution >= 0.6 is 11.8 Å². The quantitative estimate of drug-likeness (QED) is 0.574. The Kier molecular flexibility index (Phi) is 3.39. The second-order valence-electron chi connectivity index (χ2n) is 2.69. The van der Waals surface area contributed by atoms with E-state index >= 15 is 0 Å². The molecule has 0 aliphatic heterocycles. The third-order valence-electron chi connectivity index (χ3n) is 1.85. The molecule has 70 valence electrons. The van der Waals surface area contributed by atoms with Crippen LogP contribution in [0.3, 0.4) is 0 Å². The number of rotatable bonds is 3. The molecule has 0 fully saturated rings. The lowest BCUT2D eigenvalue weighted by molar-refractivity contribution is 0.465. The molecule has 0 aliphatic rings. The number of hydrogen-bond acceptors (Lipinski definition) is 3. The van der Waals surface area contributed by atoms with Crippen molar-refractivity contribution >= 4 is 11.8 Å². The highest BCUT2D eigenvalue weighted by Gasteiger charge is 2.07. The topological polar surface area (TPSA) is 46.2 Å². The lowest BCUT2D eigenvalue weighted by Crippen LogP contribution is -2.06. The van der Waals surface area contributed by atoms with Gasteiger partial charge in [0.15, 0.2) is 0 Å². The Morgan fingerprint density at radius 1 is 1.62 bits per heavy atom. The van der Waals surface area contributed by atoms with E-state index in [0.717, 1.165) is 10.5 Å². The second kappa shape index (κ2) is 4.35. The number of hydrogen-bond donors (Lipinski definition) is 2. The maximum absolute atomic E-state index is 9.49. The SMILES string of the molecule is C=C[C@@H](N)c1cc(SC)ccc1O. The van der Waals surface area contributed by atoms with Crippen LogP contribution in [0.4, 0.5) is 0 Å². The van der Waals surface area contributed by atoms with Crippen molar-refractivity contribution in [2.75, 3.05) is 6.26 Å². The van der Waals surface area contributed by atoms with Gasteiger partial charge in [-0.1, -0.05) is 6.08 Å². The molecule has 0 saturated heterocycles. The zero-order valence-electron chi connectivity index (χ0n) is 7.53. The molecule has 0 aromatic heterocycles. The van der Waals surface area contributed by atoms with Gasteiger partial charge in [0.05, 0.1) is 6.04 Å². The van der Waals surface area contributed by atoms with Gasteiger partial charge in [-0.3, -0.25) is 0 Å². The van der Waals surface area contributed by atoms with Gasteiger partial charge in [-0.25, -0.2) is 0 Å². The molecule has 0 amide bonds. The minimum absolute atomic E-state index is 0.227. The van der Waals surface area contributed by atoms with Crippen molar-refractivity contribution in [1.29, 1.82) is 0 Å². The Morgan fingerprint density at radius 2 is 2.31 bits per heavy atom. The number of phenols is 1. The number of nitrogens with two attached hydrogens (primary N) is 1. The highest BCUT2D eigenvalue weighted by atomic mass is 32.2. The van der Waals surface area contributed by atoms with Crippen molar-refractivity contribution in [3.8, 4) is 5.75 Å². The maximum atomic E-state index is 9.49. The van der Waals surface area contributed by atoms with Crippen LogP contribution in [0.1, 0.15) is 11.6 Å². The average Bonchev–Trinajstić information content (AvgIpc) is 2.17. The molecular formula is C10H13NOS. The van der Waals surface area contributed by atoms with Gasteiger partial charge in [-0.15, -0.1) is 18.3 Å². The minimum Gasteiger partial charge on any atom is -0.508 e. The molecule has 3 N–H and O–H groups in total. The predicted octanol–water partition coefficient (Wildman–Crippen LogP) is 2.30. The summed E-state index contributed by atoms with van der Waals surface area (Å²) < 4.78 is 0. The molecule has 13 heavy (non-hydrogen) atoms. The van der Waals surface area contributed by atoms with Crippen LogP contribution in [-0.4, -0.2) is 11.4 Å². The Labute approximate surface area is 82.5 Å². The molecule has 1 rings (SSSR count). The van der Waals surface area contributed by atoms with Crippen molar-refractivity contribution in [1.82, 2.24) is 0 Å². The predicted molar refractivity (Wildman–Crippen MR) is 57.0 cm³/mol. The van der Waals surface area contributed by atoms with E-state index in [0.29, 0.717) is 0 Å². The van der Waals surface area contributed by atoms with E-state index in [1.165, 1.54) is 0 Å². The van der Waals surface area contributed by atoms with E-state index in [1.54, 1.807) is 23.9 Å². The van der Waals surface area contributed by atoms with Gasteiger partial charge in [0.1, 0.15) is 5.75 Å². The van der Waals surface area contributed by atoms with E-state index in [1.807, 2.05) is 18.4 Å². The lowest BCUT2D eigenvalue weighted by atomic mass is 10.1. The fourth-order valence-electron chi connectivity index (χ4n) is 1.05. The summed E-state index contributed by atoms with van der Waals surface area (Å²) in [5, 5.41) is 9.49. The summed E-state index contributed by atoms with van der Waals surface area (Å²) in [4.78, 5) is 1.09. The van der Waals surface area contributed by atoms with Crippen molar-refractivity contribution in [3.05, 3.63) is 36.4 Å². The van der Waals surface area contributed by atoms with Crippen molar-refractivity contribution in [3.63, 3.8) is 0 Å². The first-order valence-corrected chi connectivity index (χ1v) is 5.16. The normalized spacial score (nSPS) is 12.5. The van der Waals surface area contributed by atoms with Crippen molar-refractivity contribution in [2.24, 2.45) is 5.73 Å². The third-order valence-corrected chi connectivity index (χ3v) is 2.57. The molecule has 0 saturated carbocycles. The monoisotopic (exact) mass is 195 g/mol. The molecule has 0 bridgehead atoms. The lowest BCUT2D eigenvalue weighted by Gasteiger charge is -2.10. The Balaban J connectivity index is 3.10. The fraction of sp³-hybridized carbons (Fsp3) is 0.200. The summed E-state index contributed by atoms with van der Waals surface area (Å²) in [6, 6.07) is 5.10. The fourth-order valence-corrected chi connectivity index (χ4v) is 1.50. The van der Waals surface area contributed by atoms with Crippen molar-refractivity contribution < 1.29 is 5.11 Å². The van der Waals surface area contributed by atoms with Gasteiger partial charge >= 0.3 is 0 Å². The molecule has 0 unspecified atom stereocenters. The summed E-state index contributed by atoms with van der Waals surface area (Å²) in [5.74, 6) is 0.227. The summed E-state index contributed by atoms with van der Waals surface area (Å²) in [5.41, 5.74) is 6.46. The molecule has 1 aromatic rings. The smallest absolute Gasteiger partial charge is 0.120 e. The van der Waals surface area contributed by atoms with Gasteiger partial charge in [0.2, 0.25) is 0 Å². The highest BCUT2D eigenvalue weighted by molar-refractivity contribution is 7.98. The molecule has 1 aromatic carbocycles. The van der Waals surface area contributed by atoms with Gasteiger partial charge in [-0.05, 0) is 24.5 Å². The first kappa shape index (κ1) is 10.2. The number of benzene rings is 1. The Morgan fingerprint density at radius 3 is 2.85 bits per heavy atom. The summed E-state index contributed by atoms with van der Waals surface area (Å²) in [6.07, 6.45) is 3.59. The standard InChI is InChI=1S/C10H13NOS/c1-3-9(11)8-6-7(13-2)4-5-10(8)12/h3-6,9,12H,1,11H2,2H3/t9-/m1/s1. The van der Waals surface area contributed by atoms with E-state index in [-0.39, 0.29) is 11.8 Å². The molecular weight excluding hydrogens is 182 g/mol. The van der Waals surface area contributed by atoms with Crippen LogP contribution in [0, 0.1) is 0 Å². The molecule has 1 atom stereocenters.